The highest BCUT2D eigenvalue weighted by molar-refractivity contribution is 6.04. The molecule has 23 amide bonds. The molecular formula is C93H140N26O31. The monoisotopic (exact) mass is 2120 g/mol. The second-order valence-corrected chi connectivity index (χ2v) is 38.3. The third-order valence-electron chi connectivity index (χ3n) is 25.3. The molecule has 4 aliphatic rings. The fourth-order valence-electron chi connectivity index (χ4n) is 17.2. The van der Waals surface area contributed by atoms with Gasteiger partial charge in [0.25, 0.3) is 0 Å². The van der Waals surface area contributed by atoms with Gasteiger partial charge in [-0.1, -0.05) is 60.1 Å². The van der Waals surface area contributed by atoms with Gasteiger partial charge in [-0.25, -0.2) is 9.78 Å². The Kier molecular flexibility index (Phi) is 48.2. The first-order valence-corrected chi connectivity index (χ1v) is 49.2. The predicted octanol–water partition coefficient (Wildman–Crippen LogP) is -10.4. The fourth-order valence-corrected chi connectivity index (χ4v) is 17.2. The van der Waals surface area contributed by atoms with E-state index >= 15 is 0 Å². The molecular weight excluding hydrogens is 1980 g/mol. The summed E-state index contributed by atoms with van der Waals surface area (Å²) in [6.07, 6.45) is -2.55. The number of phenolic OH excluding ortho intramolecular Hbond substituents is 1. The number of H-pyrrole nitrogens is 1. The number of carbonyl (C=O) groups excluding carboxylic acids is 23. The Hall–Kier alpha value is -15.6. The number of carboxylic acid groups (broad SMARTS) is 3. The number of benzene rings is 1. The van der Waals surface area contributed by atoms with Crippen molar-refractivity contribution in [1.82, 2.24) is 109 Å². The number of amides is 23. The van der Waals surface area contributed by atoms with Crippen LogP contribution < -0.4 is 108 Å². The van der Waals surface area contributed by atoms with Crippen molar-refractivity contribution >= 4 is 154 Å². The maximum absolute atomic E-state index is 14.8. The molecule has 0 radical (unpaired) electrons. The quantitative estimate of drug-likeness (QED) is 0.0292. The topological polar surface area (TPSA) is 897 Å². The number of nitrogens with zero attached hydrogens (tertiary/aromatic N) is 5. The summed E-state index contributed by atoms with van der Waals surface area (Å²) >= 11 is 0. The van der Waals surface area contributed by atoms with Crippen LogP contribution in [-0.2, 0) is 137 Å². The molecule has 57 nitrogen and oxygen atoms in total. The Bertz CT molecular complexity index is 5240. The highest BCUT2D eigenvalue weighted by atomic mass is 16.4. The van der Waals surface area contributed by atoms with Crippen molar-refractivity contribution in [2.24, 2.45) is 46.4 Å². The van der Waals surface area contributed by atoms with E-state index < -0.39 is 351 Å². The van der Waals surface area contributed by atoms with E-state index in [4.69, 9.17) is 28.7 Å². The van der Waals surface area contributed by atoms with Gasteiger partial charge in [0.1, 0.15) is 115 Å². The van der Waals surface area contributed by atoms with Gasteiger partial charge >= 0.3 is 17.9 Å². The number of aromatic nitrogens is 2. The van der Waals surface area contributed by atoms with Crippen LogP contribution in [-0.4, -0.2) is 363 Å². The first-order valence-electron chi connectivity index (χ1n) is 49.2. The van der Waals surface area contributed by atoms with Gasteiger partial charge in [0, 0.05) is 63.8 Å². The number of primary amides is 4. The summed E-state index contributed by atoms with van der Waals surface area (Å²) in [7, 11) is 0. The number of carboxylic acids is 3. The lowest BCUT2D eigenvalue weighted by Crippen LogP contribution is -2.61. The molecule has 4 saturated heterocycles. The van der Waals surface area contributed by atoms with Crippen molar-refractivity contribution in [2.75, 3.05) is 39.3 Å². The second-order valence-electron chi connectivity index (χ2n) is 38.3. The van der Waals surface area contributed by atoms with Crippen LogP contribution in [0.15, 0.2) is 36.8 Å². The fraction of sp³-hybridized carbons (Fsp3) is 0.624. The molecule has 1 aromatic carbocycles. The minimum absolute atomic E-state index is 0.0145. The largest absolute Gasteiger partial charge is 0.508 e. The third-order valence-corrected chi connectivity index (χ3v) is 25.3. The molecule has 57 heteroatoms. The number of aliphatic carboxylic acids is 3. The van der Waals surface area contributed by atoms with Crippen molar-refractivity contribution in [1.29, 1.82) is 0 Å². The molecule has 5 heterocycles. The summed E-state index contributed by atoms with van der Waals surface area (Å²) in [6, 6.07) is -24.5. The Labute approximate surface area is 861 Å². The molecule has 4 fully saturated rings. The van der Waals surface area contributed by atoms with E-state index in [9.17, 15) is 150 Å². The van der Waals surface area contributed by atoms with Crippen molar-refractivity contribution in [3.8, 4) is 5.75 Å². The van der Waals surface area contributed by atoms with Crippen LogP contribution >= 0.6 is 0 Å². The summed E-state index contributed by atoms with van der Waals surface area (Å²) in [6.45, 7) is 11.5. The number of nitrogens with one attached hydrogen (secondary N) is 16. The molecule has 0 saturated carbocycles. The highest BCUT2D eigenvalue weighted by Gasteiger charge is 2.49. The molecule has 0 unspecified atom stereocenters. The van der Waals surface area contributed by atoms with Crippen LogP contribution in [0.1, 0.15) is 196 Å². The predicted molar refractivity (Wildman–Crippen MR) is 520 cm³/mol. The van der Waals surface area contributed by atoms with Gasteiger partial charge in [0.15, 0.2) is 0 Å². The molecule has 6 rings (SSSR count). The number of aromatic hydroxyl groups is 1. The van der Waals surface area contributed by atoms with Crippen molar-refractivity contribution in [2.45, 2.75) is 312 Å². The van der Waals surface area contributed by atoms with Gasteiger partial charge < -0.3 is 159 Å². The van der Waals surface area contributed by atoms with Crippen LogP contribution in [0.4, 0.5) is 0 Å². The number of nitrogens with two attached hydrogens (primary N) is 5. The van der Waals surface area contributed by atoms with Crippen molar-refractivity contribution < 1.29 is 150 Å². The molecule has 0 bridgehead atoms. The second kappa shape index (κ2) is 58.8. The van der Waals surface area contributed by atoms with Gasteiger partial charge in [0.2, 0.25) is 136 Å². The Morgan fingerprint density at radius 2 is 0.773 bits per heavy atom. The lowest BCUT2D eigenvalue weighted by Gasteiger charge is -2.34. The lowest BCUT2D eigenvalue weighted by atomic mass is 9.95. The number of phenols is 1. The first-order chi connectivity index (χ1) is 70.5. The molecule has 828 valence electrons. The van der Waals surface area contributed by atoms with E-state index in [0.717, 1.165) is 25.7 Å². The van der Waals surface area contributed by atoms with Crippen LogP contribution in [0.25, 0.3) is 0 Å². The van der Waals surface area contributed by atoms with E-state index in [1.54, 1.807) is 41.5 Å². The maximum atomic E-state index is 14.8. The number of aromatic amines is 1. The molecule has 4 aliphatic heterocycles. The van der Waals surface area contributed by atoms with Crippen LogP contribution in [0.5, 0.6) is 5.75 Å². The number of rotatable bonds is 60. The molecule has 150 heavy (non-hydrogen) atoms. The normalized spacial score (nSPS) is 18.5. The molecule has 0 aliphatic carbocycles. The van der Waals surface area contributed by atoms with Gasteiger partial charge in [-0.2, -0.15) is 0 Å². The zero-order valence-corrected chi connectivity index (χ0v) is 84.7. The molecule has 0 spiro atoms. The minimum Gasteiger partial charge on any atom is -0.508 e. The van der Waals surface area contributed by atoms with Crippen molar-refractivity contribution in [3.05, 3.63) is 48.0 Å². The average molecular weight is 2120 g/mol. The van der Waals surface area contributed by atoms with Gasteiger partial charge in [-0.3, -0.25) is 120 Å². The van der Waals surface area contributed by atoms with Gasteiger partial charge in [-0.15, -0.1) is 0 Å². The van der Waals surface area contributed by atoms with E-state index in [-0.39, 0.29) is 101 Å². The summed E-state index contributed by atoms with van der Waals surface area (Å²) in [4.78, 5) is 364. The zero-order chi connectivity index (χ0) is 112. The summed E-state index contributed by atoms with van der Waals surface area (Å²) in [5, 5.41) is 84.1. The number of imidazole rings is 1. The number of hydrogen-bond acceptors (Lipinski definition) is 30. The van der Waals surface area contributed by atoms with Crippen LogP contribution in [0, 0.1) is 17.8 Å². The number of carbonyl (C=O) groups is 26. The van der Waals surface area contributed by atoms with E-state index in [1.807, 2.05) is 0 Å². The molecule has 2 aromatic rings. The van der Waals surface area contributed by atoms with Gasteiger partial charge in [-0.05, 0) is 133 Å². The van der Waals surface area contributed by atoms with E-state index in [1.165, 1.54) is 51.5 Å². The smallest absolute Gasteiger partial charge is 0.328 e. The summed E-state index contributed by atoms with van der Waals surface area (Å²) < 4.78 is 0. The van der Waals surface area contributed by atoms with Crippen LogP contribution in [0.2, 0.25) is 0 Å². The Morgan fingerprint density at radius 3 is 1.21 bits per heavy atom. The standard InChI is InChI=1S/C93H140N26O31/c1-10-45(6)74(92(148)117-28-12-15-63(117)87(143)104-48(9)77(133)108-60(37-72(127)128)84(140)106-54(24-26-68(96)123)79(135)110-55(31-43(2)3)82(138)114-62(41-120)93(149)150)115-86(142)56(32-44(4)5)111-80(136)53(23-25-67(95)122)105-83(139)59(36-70(98)125)107-75(131)46(7)102-71(126)40-100-78(134)58(34-50-39-99-42-101-50)112-85(141)61(38-73(129)130)109-76(132)47(8)103-81(137)57(33-49-19-21-51(121)22-20-49)113-88(144)64-16-11-27-116(64)90(146)66-18-14-30-119(66)91(147)65-17-13-29-118(65)89(145)52(94)35-69(97)124/h19-22,39,42-48,52-66,74,120-121H,10-18,23-38,40-41,94H2,1-9H3,(H2,95,122)(H2,96,123)(H2,97,124)(H2,98,125)(H,99,101)(H,100,134)(H,102,126)(H,103,137)(H,104,143)(H,105,139)(H,106,140)(H,107,131)(H,108,133)(H,109,132)(H,110,135)(H,111,136)(H,112,141)(H,113,144)(H,114,138)(H,115,142)(H,127,128)(H,129,130)(H,149,150)/t45-,46-,47-,48-,52-,53-,54-,55-,56-,57-,58-,59-,60-,61-,62-,63-,64-,65-,66-,74-/m0/s1. The highest BCUT2D eigenvalue weighted by Crippen LogP contribution is 2.31. The minimum atomic E-state index is -2.02. The number of aliphatic hydroxyl groups excluding tert-OH is 1. The number of aliphatic hydroxyl groups is 1. The Balaban J connectivity index is 1.08. The molecule has 31 N–H and O–H groups in total. The van der Waals surface area contributed by atoms with Crippen LogP contribution in [0.3, 0.4) is 0 Å². The summed E-state index contributed by atoms with van der Waals surface area (Å²) in [5.41, 5.74) is 28.2. The molecule has 1 aromatic heterocycles. The average Bonchev–Trinajstić information content (AvgIpc) is 1.63. The third kappa shape index (κ3) is 38.3. The number of hydrogen-bond donors (Lipinski definition) is 26. The molecule has 20 atom stereocenters. The maximum Gasteiger partial charge on any atom is 0.328 e. The van der Waals surface area contributed by atoms with Crippen molar-refractivity contribution in [3.63, 3.8) is 0 Å². The zero-order valence-electron chi connectivity index (χ0n) is 84.7. The first kappa shape index (κ1) is 123. The SMILES string of the molecule is CC[C@H](C)[C@H](NC(=O)[C@H](CC(C)C)NC(=O)[C@H](CCC(N)=O)NC(=O)[C@H](CC(N)=O)NC(=O)[C@H](C)NC(=O)CNC(=O)[C@H](Cc1cnc[nH]1)NC(=O)[C@H](CC(=O)O)NC(=O)[C@H](C)NC(=O)[C@H](Cc1ccc(O)cc1)NC(=O)[C@@H]1CCCN1C(=O)[C@@H]1CCCN1C(=O)[C@@H]1CCCN1C(=O)[C@@H](N)CC(N)=O)C(=O)N1CCC[C@H]1C(=O)N[C@@H](C)C(=O)N[C@@H](CC(=O)O)C(=O)N[C@@H](CCC(N)=O)C(=O)N[C@@H](CC(C)C)C(=O)N[C@@H](CO)C(=O)O. The van der Waals surface area contributed by atoms with Gasteiger partial charge in [0.05, 0.1) is 51.2 Å². The van der Waals surface area contributed by atoms with E-state index in [2.05, 4.69) is 89.7 Å². The lowest BCUT2D eigenvalue weighted by molar-refractivity contribution is -0.151. The summed E-state index contributed by atoms with van der Waals surface area (Å²) in [5.74, 6) is -30.0. The number of likely N-dealkylation sites (tertiary alicyclic amines) is 4. The van der Waals surface area contributed by atoms with E-state index in [0.29, 0.717) is 24.8 Å². The Morgan fingerprint density at radius 1 is 0.400 bits per heavy atom.